The lowest BCUT2D eigenvalue weighted by Crippen LogP contribution is -2.39. The topological polar surface area (TPSA) is 36.3 Å². The molecule has 1 unspecified atom stereocenters. The van der Waals surface area contributed by atoms with E-state index in [1.807, 2.05) is 24.4 Å². The summed E-state index contributed by atoms with van der Waals surface area (Å²) in [6.07, 6.45) is 2.96. The summed E-state index contributed by atoms with van der Waals surface area (Å²) in [6.45, 7) is 3.82. The third kappa shape index (κ3) is 2.36. The molecule has 3 atom stereocenters. The van der Waals surface area contributed by atoms with Gasteiger partial charge in [0.2, 0.25) is 0 Å². The van der Waals surface area contributed by atoms with Crippen molar-refractivity contribution in [3.8, 4) is 6.07 Å². The first kappa shape index (κ1) is 12.3. The van der Waals surface area contributed by atoms with Crippen LogP contribution >= 0.6 is 0 Å². The second-order valence-electron chi connectivity index (χ2n) is 5.49. The number of hydrogen-bond acceptors (Lipinski definition) is 3. The molecule has 0 radical (unpaired) electrons. The quantitative estimate of drug-likeness (QED) is 0.814. The summed E-state index contributed by atoms with van der Waals surface area (Å²) in [7, 11) is 0. The molecule has 2 aliphatic rings. The van der Waals surface area contributed by atoms with Gasteiger partial charge in [-0.1, -0.05) is 37.3 Å². The van der Waals surface area contributed by atoms with Crippen LogP contribution in [0.2, 0.25) is 0 Å². The smallest absolute Gasteiger partial charge is 0.133 e. The molecule has 19 heavy (non-hydrogen) atoms. The molecular formula is C16H18N2O. The molecule has 1 fully saturated rings. The summed E-state index contributed by atoms with van der Waals surface area (Å²) in [6, 6.07) is 12.7. The zero-order valence-corrected chi connectivity index (χ0v) is 11.1. The van der Waals surface area contributed by atoms with Crippen LogP contribution in [0.25, 0.3) is 0 Å². The molecule has 3 heteroatoms. The molecule has 2 aliphatic heterocycles. The highest BCUT2D eigenvalue weighted by atomic mass is 16.5. The van der Waals surface area contributed by atoms with Crippen LogP contribution in [0.3, 0.4) is 0 Å². The highest BCUT2D eigenvalue weighted by Crippen LogP contribution is 2.38. The van der Waals surface area contributed by atoms with Crippen molar-refractivity contribution in [2.75, 3.05) is 6.61 Å². The van der Waals surface area contributed by atoms with Gasteiger partial charge < -0.3 is 9.64 Å². The second-order valence-corrected chi connectivity index (χ2v) is 5.49. The van der Waals surface area contributed by atoms with E-state index < -0.39 is 0 Å². The molecule has 0 aliphatic carbocycles. The van der Waals surface area contributed by atoms with Gasteiger partial charge in [-0.25, -0.2) is 0 Å². The number of allylic oxidation sites excluding steroid dienone is 1. The van der Waals surface area contributed by atoms with E-state index in [1.54, 1.807) is 0 Å². The van der Waals surface area contributed by atoms with Gasteiger partial charge in [-0.05, 0) is 17.9 Å². The molecule has 1 aromatic rings. The summed E-state index contributed by atoms with van der Waals surface area (Å²) in [5.41, 5.74) is 2.12. The third-order valence-corrected chi connectivity index (χ3v) is 4.08. The van der Waals surface area contributed by atoms with Gasteiger partial charge in [0.05, 0.1) is 12.7 Å². The largest absolute Gasteiger partial charge is 0.358 e. The van der Waals surface area contributed by atoms with E-state index in [0.717, 1.165) is 25.1 Å². The van der Waals surface area contributed by atoms with Crippen LogP contribution in [0.1, 0.15) is 18.9 Å². The predicted molar refractivity (Wildman–Crippen MR) is 72.7 cm³/mol. The van der Waals surface area contributed by atoms with Crippen molar-refractivity contribution in [1.29, 1.82) is 5.26 Å². The Kier molecular flexibility index (Phi) is 3.27. The first-order chi connectivity index (χ1) is 9.28. The molecule has 1 aromatic carbocycles. The van der Waals surface area contributed by atoms with Crippen molar-refractivity contribution in [3.05, 3.63) is 47.7 Å². The van der Waals surface area contributed by atoms with Crippen molar-refractivity contribution >= 4 is 0 Å². The SMILES string of the molecule is CC1CO[C@@H]2[C@H]1CC(C#N)=CN2Cc1ccccc1. The van der Waals surface area contributed by atoms with E-state index >= 15 is 0 Å². The third-order valence-electron chi connectivity index (χ3n) is 4.08. The van der Waals surface area contributed by atoms with Gasteiger partial charge >= 0.3 is 0 Å². The van der Waals surface area contributed by atoms with Crippen LogP contribution in [0.15, 0.2) is 42.1 Å². The second kappa shape index (κ2) is 5.07. The number of ether oxygens (including phenoxy) is 1. The maximum absolute atomic E-state index is 9.20. The Hall–Kier alpha value is -1.79. The minimum absolute atomic E-state index is 0.132. The predicted octanol–water partition coefficient (Wildman–Crippen LogP) is 2.91. The van der Waals surface area contributed by atoms with Gasteiger partial charge in [-0.3, -0.25) is 0 Å². The lowest BCUT2D eigenvalue weighted by molar-refractivity contribution is -0.0249. The Morgan fingerprint density at radius 1 is 1.37 bits per heavy atom. The molecule has 0 saturated carbocycles. The highest BCUT2D eigenvalue weighted by molar-refractivity contribution is 5.25. The standard InChI is InChI=1S/C16H18N2O/c1-12-11-19-16-15(12)7-14(8-17)10-18(16)9-13-5-3-2-4-6-13/h2-6,10,12,15-16H,7,9,11H2,1H3/t12?,15-,16+/m0/s1. The van der Waals surface area contributed by atoms with E-state index in [1.165, 1.54) is 5.56 Å². The van der Waals surface area contributed by atoms with E-state index in [4.69, 9.17) is 4.74 Å². The first-order valence-electron chi connectivity index (χ1n) is 6.80. The Morgan fingerprint density at radius 3 is 2.89 bits per heavy atom. The summed E-state index contributed by atoms with van der Waals surface area (Å²) >= 11 is 0. The minimum atomic E-state index is 0.132. The first-order valence-corrected chi connectivity index (χ1v) is 6.80. The fourth-order valence-electron chi connectivity index (χ4n) is 3.01. The highest BCUT2D eigenvalue weighted by Gasteiger charge is 2.40. The van der Waals surface area contributed by atoms with Crippen molar-refractivity contribution in [2.24, 2.45) is 11.8 Å². The molecule has 0 aromatic heterocycles. The van der Waals surface area contributed by atoms with E-state index in [0.29, 0.717) is 11.8 Å². The number of benzene rings is 1. The lowest BCUT2D eigenvalue weighted by atomic mass is 9.86. The normalized spacial score (nSPS) is 29.6. The van der Waals surface area contributed by atoms with E-state index in [2.05, 4.69) is 30.0 Å². The fraction of sp³-hybridized carbons (Fsp3) is 0.438. The van der Waals surface area contributed by atoms with Gasteiger partial charge in [0.15, 0.2) is 0 Å². The number of nitriles is 1. The van der Waals surface area contributed by atoms with Gasteiger partial charge in [0, 0.05) is 24.2 Å². The van der Waals surface area contributed by atoms with Crippen LogP contribution in [0.4, 0.5) is 0 Å². The van der Waals surface area contributed by atoms with Crippen molar-refractivity contribution in [3.63, 3.8) is 0 Å². The molecule has 0 N–H and O–H groups in total. The summed E-state index contributed by atoms with van der Waals surface area (Å²) in [4.78, 5) is 2.19. The molecule has 0 spiro atoms. The Balaban J connectivity index is 1.84. The molecule has 2 heterocycles. The van der Waals surface area contributed by atoms with E-state index in [-0.39, 0.29) is 6.23 Å². The van der Waals surface area contributed by atoms with Crippen LogP contribution in [-0.2, 0) is 11.3 Å². The molecule has 0 bridgehead atoms. The maximum atomic E-state index is 9.20. The number of nitrogens with zero attached hydrogens (tertiary/aromatic N) is 2. The average molecular weight is 254 g/mol. The molecule has 98 valence electrons. The minimum Gasteiger partial charge on any atom is -0.358 e. The van der Waals surface area contributed by atoms with Crippen LogP contribution in [0, 0.1) is 23.2 Å². The zero-order chi connectivity index (χ0) is 13.2. The molecular weight excluding hydrogens is 236 g/mol. The average Bonchev–Trinajstić information content (AvgIpc) is 2.82. The Labute approximate surface area is 114 Å². The van der Waals surface area contributed by atoms with Crippen molar-refractivity contribution in [1.82, 2.24) is 4.90 Å². The van der Waals surface area contributed by atoms with Crippen LogP contribution in [-0.4, -0.2) is 17.7 Å². The van der Waals surface area contributed by atoms with Gasteiger partial charge in [0.1, 0.15) is 6.23 Å². The number of fused-ring (bicyclic) bond motifs is 1. The zero-order valence-electron chi connectivity index (χ0n) is 11.1. The Morgan fingerprint density at radius 2 is 2.16 bits per heavy atom. The van der Waals surface area contributed by atoms with Gasteiger partial charge in [0.25, 0.3) is 0 Å². The van der Waals surface area contributed by atoms with Crippen LogP contribution < -0.4 is 0 Å². The molecule has 3 rings (SSSR count). The fourth-order valence-corrected chi connectivity index (χ4v) is 3.01. The summed E-state index contributed by atoms with van der Waals surface area (Å²) < 4.78 is 5.92. The number of rotatable bonds is 2. The lowest BCUT2D eigenvalue weighted by Gasteiger charge is -2.36. The maximum Gasteiger partial charge on any atom is 0.133 e. The summed E-state index contributed by atoms with van der Waals surface area (Å²) in [5.74, 6) is 0.976. The molecule has 1 saturated heterocycles. The monoisotopic (exact) mass is 254 g/mol. The van der Waals surface area contributed by atoms with Gasteiger partial charge in [-0.15, -0.1) is 0 Å². The summed E-state index contributed by atoms with van der Waals surface area (Å²) in [5, 5.41) is 9.20. The van der Waals surface area contributed by atoms with E-state index in [9.17, 15) is 5.26 Å². The van der Waals surface area contributed by atoms with Crippen LogP contribution in [0.5, 0.6) is 0 Å². The number of hydrogen-bond donors (Lipinski definition) is 0. The molecule has 3 nitrogen and oxygen atoms in total. The van der Waals surface area contributed by atoms with Crippen molar-refractivity contribution < 1.29 is 4.74 Å². The van der Waals surface area contributed by atoms with Gasteiger partial charge in [-0.2, -0.15) is 5.26 Å². The molecule has 0 amide bonds. The Bertz CT molecular complexity index is 517. The van der Waals surface area contributed by atoms with Crippen molar-refractivity contribution in [2.45, 2.75) is 26.1 Å².